The second-order valence-corrected chi connectivity index (χ2v) is 5.31. The maximum atomic E-state index is 5.64. The van der Waals surface area contributed by atoms with Gasteiger partial charge in [-0.1, -0.05) is 0 Å². The van der Waals surface area contributed by atoms with Crippen LogP contribution in [0.1, 0.15) is 23.5 Å². The Balaban J connectivity index is 2.11. The molecule has 2 heterocycles. The van der Waals surface area contributed by atoms with Crippen molar-refractivity contribution < 1.29 is 9.47 Å². The third kappa shape index (κ3) is 3.04. The van der Waals surface area contributed by atoms with Crippen LogP contribution in [0, 0.1) is 6.92 Å². The van der Waals surface area contributed by atoms with E-state index < -0.39 is 0 Å². The van der Waals surface area contributed by atoms with E-state index in [9.17, 15) is 0 Å². The van der Waals surface area contributed by atoms with E-state index in [-0.39, 0.29) is 5.54 Å². The molecular weight excluding hydrogens is 236 g/mol. The summed E-state index contributed by atoms with van der Waals surface area (Å²) >= 11 is 1.72. The molecule has 1 aromatic heterocycles. The van der Waals surface area contributed by atoms with Gasteiger partial charge in [-0.25, -0.2) is 4.98 Å². The Labute approximate surface area is 106 Å². The highest BCUT2D eigenvalue weighted by atomic mass is 32.1. The molecule has 1 aromatic rings. The van der Waals surface area contributed by atoms with E-state index in [1.165, 1.54) is 0 Å². The average Bonchev–Trinajstić information content (AvgIpc) is 2.78. The zero-order valence-corrected chi connectivity index (χ0v) is 11.3. The first-order valence-corrected chi connectivity index (χ1v) is 6.89. The second-order valence-electron chi connectivity index (χ2n) is 4.45. The Kier molecular flexibility index (Phi) is 4.50. The number of ether oxygens (including phenoxy) is 2. The molecule has 0 aromatic carbocycles. The third-order valence-electron chi connectivity index (χ3n) is 3.04. The van der Waals surface area contributed by atoms with Crippen LogP contribution in [0.4, 0.5) is 0 Å². The zero-order chi connectivity index (χ0) is 12.1. The molecule has 1 atom stereocenters. The van der Waals surface area contributed by atoms with Crippen LogP contribution >= 0.6 is 11.3 Å². The monoisotopic (exact) mass is 256 g/mol. The number of methoxy groups -OCH3 is 1. The fourth-order valence-electron chi connectivity index (χ4n) is 2.14. The molecule has 0 amide bonds. The van der Waals surface area contributed by atoms with Crippen LogP contribution in [-0.2, 0) is 15.0 Å². The molecule has 0 spiro atoms. The molecule has 96 valence electrons. The first kappa shape index (κ1) is 13.0. The highest BCUT2D eigenvalue weighted by Crippen LogP contribution is 2.32. The Morgan fingerprint density at radius 2 is 2.53 bits per heavy atom. The fourth-order valence-corrected chi connectivity index (χ4v) is 3.13. The standard InChI is InChI=1S/C12H20N2O2S/c1-10-8-17-11(14-10)12(13-5-7-15-2)4-3-6-16-9-12/h8,13H,3-7,9H2,1-2H3. The number of aromatic nitrogens is 1. The number of nitrogens with one attached hydrogen (secondary N) is 1. The maximum absolute atomic E-state index is 5.64. The van der Waals surface area contributed by atoms with Crippen LogP contribution in [0.3, 0.4) is 0 Å². The van der Waals surface area contributed by atoms with Gasteiger partial charge in [0, 0.05) is 31.3 Å². The lowest BCUT2D eigenvalue weighted by Gasteiger charge is -2.36. The predicted octanol–water partition coefficient (Wildman–Crippen LogP) is 1.69. The molecule has 0 bridgehead atoms. The second kappa shape index (κ2) is 5.91. The van der Waals surface area contributed by atoms with E-state index in [0.717, 1.165) is 36.7 Å². The molecule has 0 aliphatic carbocycles. The van der Waals surface area contributed by atoms with Gasteiger partial charge >= 0.3 is 0 Å². The van der Waals surface area contributed by atoms with Gasteiger partial charge in [0.15, 0.2) is 0 Å². The van der Waals surface area contributed by atoms with E-state index in [1.54, 1.807) is 18.4 Å². The van der Waals surface area contributed by atoms with Crippen molar-refractivity contribution in [2.45, 2.75) is 25.3 Å². The lowest BCUT2D eigenvalue weighted by atomic mass is 9.93. The smallest absolute Gasteiger partial charge is 0.115 e. The van der Waals surface area contributed by atoms with Crippen LogP contribution in [0.5, 0.6) is 0 Å². The summed E-state index contributed by atoms with van der Waals surface area (Å²) in [6.07, 6.45) is 2.17. The molecule has 1 aliphatic rings. The molecule has 5 heteroatoms. The van der Waals surface area contributed by atoms with Gasteiger partial charge in [0.05, 0.1) is 18.8 Å². The van der Waals surface area contributed by atoms with E-state index in [2.05, 4.69) is 15.7 Å². The lowest BCUT2D eigenvalue weighted by Crippen LogP contribution is -2.49. The summed E-state index contributed by atoms with van der Waals surface area (Å²) in [5, 5.41) is 6.81. The highest BCUT2D eigenvalue weighted by molar-refractivity contribution is 7.09. The van der Waals surface area contributed by atoms with Crippen molar-refractivity contribution in [2.24, 2.45) is 0 Å². The topological polar surface area (TPSA) is 43.4 Å². The summed E-state index contributed by atoms with van der Waals surface area (Å²) in [7, 11) is 1.72. The Hall–Kier alpha value is -0.490. The number of rotatable bonds is 5. The predicted molar refractivity (Wildman–Crippen MR) is 68.5 cm³/mol. The maximum Gasteiger partial charge on any atom is 0.115 e. The number of nitrogens with zero attached hydrogens (tertiary/aromatic N) is 1. The van der Waals surface area contributed by atoms with Crippen LogP contribution in [0.2, 0.25) is 0 Å². The van der Waals surface area contributed by atoms with E-state index in [1.807, 2.05) is 6.92 Å². The van der Waals surface area contributed by atoms with Crippen molar-refractivity contribution in [3.05, 3.63) is 16.1 Å². The van der Waals surface area contributed by atoms with E-state index >= 15 is 0 Å². The molecule has 1 fully saturated rings. The Morgan fingerprint density at radius 3 is 3.12 bits per heavy atom. The first-order chi connectivity index (χ1) is 8.27. The van der Waals surface area contributed by atoms with Crippen molar-refractivity contribution in [3.63, 3.8) is 0 Å². The molecule has 17 heavy (non-hydrogen) atoms. The number of hydrogen-bond donors (Lipinski definition) is 1. The van der Waals surface area contributed by atoms with Crippen molar-refractivity contribution in [1.29, 1.82) is 0 Å². The van der Waals surface area contributed by atoms with Gasteiger partial charge in [-0.15, -0.1) is 11.3 Å². The summed E-state index contributed by atoms with van der Waals surface area (Å²) in [6.45, 7) is 5.15. The molecule has 0 radical (unpaired) electrons. The fraction of sp³-hybridized carbons (Fsp3) is 0.750. The Bertz CT molecular complexity index is 348. The minimum Gasteiger partial charge on any atom is -0.383 e. The van der Waals surface area contributed by atoms with Crippen LogP contribution < -0.4 is 5.32 Å². The molecular formula is C12H20N2O2S. The summed E-state index contributed by atoms with van der Waals surface area (Å²) in [5.41, 5.74) is 0.985. The Morgan fingerprint density at radius 1 is 1.65 bits per heavy atom. The van der Waals surface area contributed by atoms with Crippen molar-refractivity contribution >= 4 is 11.3 Å². The van der Waals surface area contributed by atoms with Crippen LogP contribution in [-0.4, -0.2) is 38.5 Å². The first-order valence-electron chi connectivity index (χ1n) is 6.01. The van der Waals surface area contributed by atoms with Crippen molar-refractivity contribution in [3.8, 4) is 0 Å². The SMILES string of the molecule is COCCNC1(c2nc(C)cs2)CCCOC1. The van der Waals surface area contributed by atoms with Gasteiger partial charge in [-0.05, 0) is 19.8 Å². The molecule has 1 N–H and O–H groups in total. The average molecular weight is 256 g/mol. The van der Waals surface area contributed by atoms with Crippen molar-refractivity contribution in [1.82, 2.24) is 10.3 Å². The van der Waals surface area contributed by atoms with Gasteiger partial charge < -0.3 is 14.8 Å². The van der Waals surface area contributed by atoms with Crippen molar-refractivity contribution in [2.75, 3.05) is 33.5 Å². The minimum atomic E-state index is -0.101. The molecule has 2 rings (SSSR count). The quantitative estimate of drug-likeness (QED) is 0.814. The van der Waals surface area contributed by atoms with Gasteiger partial charge in [0.2, 0.25) is 0 Å². The lowest BCUT2D eigenvalue weighted by molar-refractivity contribution is 0.0150. The molecule has 1 aliphatic heterocycles. The van der Waals surface area contributed by atoms with E-state index in [0.29, 0.717) is 13.2 Å². The summed E-state index contributed by atoms with van der Waals surface area (Å²) in [4.78, 5) is 4.62. The van der Waals surface area contributed by atoms with Crippen LogP contribution in [0.25, 0.3) is 0 Å². The molecule has 4 nitrogen and oxygen atoms in total. The van der Waals surface area contributed by atoms with Crippen LogP contribution in [0.15, 0.2) is 5.38 Å². The largest absolute Gasteiger partial charge is 0.383 e. The van der Waals surface area contributed by atoms with Gasteiger partial charge in [-0.2, -0.15) is 0 Å². The summed E-state index contributed by atoms with van der Waals surface area (Å²) < 4.78 is 10.7. The highest BCUT2D eigenvalue weighted by Gasteiger charge is 2.36. The molecule has 1 unspecified atom stereocenters. The van der Waals surface area contributed by atoms with E-state index in [4.69, 9.17) is 9.47 Å². The number of aryl methyl sites for hydroxylation is 1. The summed E-state index contributed by atoms with van der Waals surface area (Å²) in [6, 6.07) is 0. The molecule has 0 saturated carbocycles. The molecule has 1 saturated heterocycles. The number of thiazole rings is 1. The number of hydrogen-bond acceptors (Lipinski definition) is 5. The van der Waals surface area contributed by atoms with Gasteiger partial charge in [0.1, 0.15) is 5.01 Å². The minimum absolute atomic E-state index is 0.101. The van der Waals surface area contributed by atoms with Gasteiger partial charge in [0.25, 0.3) is 0 Å². The summed E-state index contributed by atoms with van der Waals surface area (Å²) in [5.74, 6) is 0. The van der Waals surface area contributed by atoms with Gasteiger partial charge in [-0.3, -0.25) is 0 Å². The normalized spacial score (nSPS) is 25.1. The third-order valence-corrected chi connectivity index (χ3v) is 4.20. The zero-order valence-electron chi connectivity index (χ0n) is 10.5.